The fraction of sp³-hybridized carbons (Fsp3) is 0.190. The first-order valence-corrected chi connectivity index (χ1v) is 9.41. The van der Waals surface area contributed by atoms with Gasteiger partial charge in [-0.25, -0.2) is 4.98 Å². The Bertz CT molecular complexity index is 996. The predicted molar refractivity (Wildman–Crippen MR) is 108 cm³/mol. The molecule has 28 heavy (non-hydrogen) atoms. The van der Waals surface area contributed by atoms with Gasteiger partial charge in [0.2, 0.25) is 5.91 Å². The van der Waals surface area contributed by atoms with E-state index in [4.69, 9.17) is 32.9 Å². The maximum atomic E-state index is 12.5. The minimum absolute atomic E-state index is 0.0327. The van der Waals surface area contributed by atoms with Crippen LogP contribution in [0, 0.1) is 11.3 Å². The Morgan fingerprint density at radius 1 is 1.18 bits per heavy atom. The molecule has 0 aliphatic rings. The Labute approximate surface area is 173 Å². The van der Waals surface area contributed by atoms with E-state index in [9.17, 15) is 4.79 Å². The van der Waals surface area contributed by atoms with E-state index in [2.05, 4.69) is 4.98 Å². The SMILES string of the molecule is N#CCN(Cc1ccccc1)C(=O)CCc1ncc(-c2ccc(Cl)cc2Cl)o1. The number of rotatable bonds is 7. The molecule has 2 aromatic carbocycles. The molecule has 142 valence electrons. The number of carbonyl (C=O) groups excluding carboxylic acids is 1. The zero-order chi connectivity index (χ0) is 19.9. The number of aryl methyl sites for hydroxylation is 1. The first-order valence-electron chi connectivity index (χ1n) is 8.65. The van der Waals surface area contributed by atoms with E-state index in [1.54, 1.807) is 24.4 Å². The highest BCUT2D eigenvalue weighted by atomic mass is 35.5. The van der Waals surface area contributed by atoms with Crippen LogP contribution in [0.15, 0.2) is 59.1 Å². The van der Waals surface area contributed by atoms with Gasteiger partial charge in [-0.15, -0.1) is 0 Å². The lowest BCUT2D eigenvalue weighted by molar-refractivity contribution is -0.131. The minimum Gasteiger partial charge on any atom is -0.441 e. The van der Waals surface area contributed by atoms with Gasteiger partial charge in [0.1, 0.15) is 6.54 Å². The smallest absolute Gasteiger partial charge is 0.224 e. The zero-order valence-electron chi connectivity index (χ0n) is 14.9. The molecular weight excluding hydrogens is 397 g/mol. The van der Waals surface area contributed by atoms with Crippen molar-refractivity contribution in [3.63, 3.8) is 0 Å². The lowest BCUT2D eigenvalue weighted by atomic mass is 10.2. The van der Waals surface area contributed by atoms with Gasteiger partial charge in [0.05, 0.1) is 17.3 Å². The normalized spacial score (nSPS) is 10.5. The molecule has 5 nitrogen and oxygen atoms in total. The van der Waals surface area contributed by atoms with Crippen LogP contribution in [0.25, 0.3) is 11.3 Å². The maximum absolute atomic E-state index is 12.5. The molecule has 1 aromatic heterocycles. The topological polar surface area (TPSA) is 70.1 Å². The first-order chi connectivity index (χ1) is 13.6. The summed E-state index contributed by atoms with van der Waals surface area (Å²) in [5, 5.41) is 10.0. The van der Waals surface area contributed by atoms with Crippen molar-refractivity contribution in [1.82, 2.24) is 9.88 Å². The van der Waals surface area contributed by atoms with E-state index in [0.717, 1.165) is 5.56 Å². The van der Waals surface area contributed by atoms with Crippen LogP contribution in [-0.4, -0.2) is 22.3 Å². The van der Waals surface area contributed by atoms with Gasteiger partial charge >= 0.3 is 0 Å². The van der Waals surface area contributed by atoms with Crippen molar-refractivity contribution in [2.75, 3.05) is 6.54 Å². The Morgan fingerprint density at radius 2 is 1.96 bits per heavy atom. The van der Waals surface area contributed by atoms with Crippen molar-refractivity contribution in [1.29, 1.82) is 5.26 Å². The average molecular weight is 414 g/mol. The van der Waals surface area contributed by atoms with Gasteiger partial charge in [-0.1, -0.05) is 53.5 Å². The number of benzene rings is 2. The summed E-state index contributed by atoms with van der Waals surface area (Å²) >= 11 is 12.1. The van der Waals surface area contributed by atoms with E-state index in [1.165, 1.54) is 4.90 Å². The highest BCUT2D eigenvalue weighted by Crippen LogP contribution is 2.30. The highest BCUT2D eigenvalue weighted by Gasteiger charge is 2.16. The van der Waals surface area contributed by atoms with Crippen molar-refractivity contribution in [2.45, 2.75) is 19.4 Å². The van der Waals surface area contributed by atoms with Crippen molar-refractivity contribution >= 4 is 29.1 Å². The summed E-state index contributed by atoms with van der Waals surface area (Å²) in [6.07, 6.45) is 2.11. The summed E-state index contributed by atoms with van der Waals surface area (Å²) in [7, 11) is 0. The van der Waals surface area contributed by atoms with Crippen LogP contribution in [0.3, 0.4) is 0 Å². The number of hydrogen-bond acceptors (Lipinski definition) is 4. The summed E-state index contributed by atoms with van der Waals surface area (Å²) in [6.45, 7) is 0.426. The highest BCUT2D eigenvalue weighted by molar-refractivity contribution is 6.36. The number of halogens is 2. The van der Waals surface area contributed by atoms with Crippen LogP contribution in [0.5, 0.6) is 0 Å². The third kappa shape index (κ3) is 5.13. The van der Waals surface area contributed by atoms with Gasteiger partial charge in [-0.2, -0.15) is 5.26 Å². The molecule has 0 spiro atoms. The predicted octanol–water partition coefficient (Wildman–Crippen LogP) is 5.13. The van der Waals surface area contributed by atoms with Crippen molar-refractivity contribution in [3.8, 4) is 17.4 Å². The van der Waals surface area contributed by atoms with Crippen LogP contribution in [0.2, 0.25) is 10.0 Å². The van der Waals surface area contributed by atoms with E-state index in [0.29, 0.717) is 40.2 Å². The largest absolute Gasteiger partial charge is 0.441 e. The lowest BCUT2D eigenvalue weighted by Crippen LogP contribution is -2.31. The maximum Gasteiger partial charge on any atom is 0.224 e. The van der Waals surface area contributed by atoms with E-state index >= 15 is 0 Å². The average Bonchev–Trinajstić information content (AvgIpc) is 3.15. The second-order valence-electron chi connectivity index (χ2n) is 6.14. The molecule has 0 saturated carbocycles. The van der Waals surface area contributed by atoms with Gasteiger partial charge in [0.25, 0.3) is 0 Å². The number of nitrogens with zero attached hydrogens (tertiary/aromatic N) is 3. The van der Waals surface area contributed by atoms with Gasteiger partial charge in [0.15, 0.2) is 11.7 Å². The molecule has 0 saturated heterocycles. The zero-order valence-corrected chi connectivity index (χ0v) is 16.5. The number of hydrogen-bond donors (Lipinski definition) is 0. The molecule has 7 heteroatoms. The van der Waals surface area contributed by atoms with Crippen molar-refractivity contribution in [2.24, 2.45) is 0 Å². The fourth-order valence-electron chi connectivity index (χ4n) is 2.73. The third-order valence-electron chi connectivity index (χ3n) is 4.13. The van der Waals surface area contributed by atoms with Gasteiger partial charge < -0.3 is 9.32 Å². The van der Waals surface area contributed by atoms with Crippen LogP contribution >= 0.6 is 23.2 Å². The van der Waals surface area contributed by atoms with Crippen LogP contribution in [0.4, 0.5) is 0 Å². The van der Waals surface area contributed by atoms with Crippen molar-refractivity contribution < 1.29 is 9.21 Å². The van der Waals surface area contributed by atoms with E-state index < -0.39 is 0 Å². The molecule has 0 unspecified atom stereocenters. The molecule has 1 amide bonds. The summed E-state index contributed by atoms with van der Waals surface area (Å²) < 4.78 is 5.72. The summed E-state index contributed by atoms with van der Waals surface area (Å²) in [6, 6.07) is 16.7. The van der Waals surface area contributed by atoms with Crippen molar-refractivity contribution in [3.05, 3.63) is 76.2 Å². The number of aromatic nitrogens is 1. The van der Waals surface area contributed by atoms with Crippen LogP contribution < -0.4 is 0 Å². The Hall–Kier alpha value is -2.81. The lowest BCUT2D eigenvalue weighted by Gasteiger charge is -2.19. The molecule has 3 aromatic rings. The quantitative estimate of drug-likeness (QED) is 0.503. The number of carbonyl (C=O) groups is 1. The molecule has 0 radical (unpaired) electrons. The first kappa shape index (κ1) is 19.9. The molecule has 0 aliphatic heterocycles. The van der Waals surface area contributed by atoms with Gasteiger partial charge in [-0.3, -0.25) is 4.79 Å². The summed E-state index contributed by atoms with van der Waals surface area (Å²) in [5.74, 6) is 0.822. The summed E-state index contributed by atoms with van der Waals surface area (Å²) in [5.41, 5.74) is 1.66. The number of oxazole rings is 1. The fourth-order valence-corrected chi connectivity index (χ4v) is 3.23. The molecule has 0 N–H and O–H groups in total. The number of nitriles is 1. The molecule has 0 aliphatic carbocycles. The molecule has 0 fully saturated rings. The monoisotopic (exact) mass is 413 g/mol. The molecule has 3 rings (SSSR count). The van der Waals surface area contributed by atoms with Gasteiger partial charge in [-0.05, 0) is 23.8 Å². The van der Waals surface area contributed by atoms with E-state index in [-0.39, 0.29) is 18.9 Å². The van der Waals surface area contributed by atoms with E-state index in [1.807, 2.05) is 36.4 Å². The molecule has 0 bridgehead atoms. The molecule has 0 atom stereocenters. The molecule has 1 heterocycles. The standard InChI is InChI=1S/C21H17Cl2N3O2/c22-16-6-7-17(18(23)12-16)19-13-25-20(28-19)8-9-21(27)26(11-10-24)14-15-4-2-1-3-5-15/h1-7,12-13H,8-9,11,14H2. The second-order valence-corrected chi connectivity index (χ2v) is 6.98. The van der Waals surface area contributed by atoms with Crippen LogP contribution in [-0.2, 0) is 17.8 Å². The Morgan fingerprint density at radius 3 is 2.68 bits per heavy atom. The van der Waals surface area contributed by atoms with Gasteiger partial charge in [0, 0.05) is 30.0 Å². The Balaban J connectivity index is 1.63. The minimum atomic E-state index is -0.130. The Kier molecular flexibility index (Phi) is 6.70. The number of amides is 1. The molecular formula is C21H17Cl2N3O2. The third-order valence-corrected chi connectivity index (χ3v) is 4.68. The van der Waals surface area contributed by atoms with Crippen LogP contribution in [0.1, 0.15) is 17.9 Å². The second kappa shape index (κ2) is 9.41. The summed E-state index contributed by atoms with van der Waals surface area (Å²) in [4.78, 5) is 18.3.